The average Bonchev–Trinajstić information content (AvgIpc) is 3.50. The zero-order chi connectivity index (χ0) is 39.2. The first-order valence-corrected chi connectivity index (χ1v) is 19.5. The summed E-state index contributed by atoms with van der Waals surface area (Å²) in [7, 11) is 0. The lowest BCUT2D eigenvalue weighted by Crippen LogP contribution is -2.64. The number of Topliss-reactive ketones (excluding diaryl/α,β-unsaturated/α-hetero) is 1. The third kappa shape index (κ3) is 6.28. The van der Waals surface area contributed by atoms with Gasteiger partial charge < -0.3 is 59.4 Å². The number of hydrogen-bond donors (Lipinski definition) is 7. The normalized spacial score (nSPS) is 49.2. The Morgan fingerprint density at radius 3 is 2.26 bits per heavy atom. The maximum atomic E-state index is 14.3. The van der Waals surface area contributed by atoms with Crippen LogP contribution in [0.2, 0.25) is 0 Å². The minimum Gasteiger partial charge on any atom is -0.456 e. The Labute approximate surface area is 315 Å². The van der Waals surface area contributed by atoms with Crippen LogP contribution in [0.3, 0.4) is 0 Å². The van der Waals surface area contributed by atoms with E-state index in [1.165, 1.54) is 12.5 Å². The van der Waals surface area contributed by atoms with Gasteiger partial charge >= 0.3 is 5.97 Å². The molecule has 0 amide bonds. The zero-order valence-corrected chi connectivity index (χ0v) is 32.0. The van der Waals surface area contributed by atoms with E-state index in [1.807, 2.05) is 13.8 Å². The largest absolute Gasteiger partial charge is 0.456 e. The van der Waals surface area contributed by atoms with Crippen LogP contribution in [0.15, 0.2) is 34.4 Å². The second-order valence-electron chi connectivity index (χ2n) is 17.6. The van der Waals surface area contributed by atoms with Gasteiger partial charge in [0, 0.05) is 24.3 Å². The van der Waals surface area contributed by atoms with Gasteiger partial charge in [0.05, 0.1) is 24.2 Å². The molecule has 0 aromatic rings. The van der Waals surface area contributed by atoms with Crippen molar-refractivity contribution in [2.75, 3.05) is 6.61 Å². The van der Waals surface area contributed by atoms with E-state index in [-0.39, 0.29) is 41.3 Å². The van der Waals surface area contributed by atoms with E-state index in [0.29, 0.717) is 24.8 Å². The third-order valence-electron chi connectivity index (χ3n) is 14.6. The fourth-order valence-corrected chi connectivity index (χ4v) is 11.0. The summed E-state index contributed by atoms with van der Waals surface area (Å²) in [6.07, 6.45) is -7.40. The summed E-state index contributed by atoms with van der Waals surface area (Å²) < 4.78 is 29.1. The van der Waals surface area contributed by atoms with Crippen molar-refractivity contribution < 1.29 is 69.0 Å². The van der Waals surface area contributed by atoms with Gasteiger partial charge in [-0.3, -0.25) is 4.79 Å². The Balaban J connectivity index is 1.03. The van der Waals surface area contributed by atoms with Crippen LogP contribution in [-0.2, 0) is 33.3 Å². The van der Waals surface area contributed by atoms with Crippen molar-refractivity contribution in [3.63, 3.8) is 0 Å². The topological polar surface area (TPSA) is 222 Å². The van der Waals surface area contributed by atoms with E-state index < -0.39 is 91.2 Å². The molecule has 4 fully saturated rings. The second-order valence-corrected chi connectivity index (χ2v) is 17.6. The molecule has 2 saturated heterocycles. The summed E-state index contributed by atoms with van der Waals surface area (Å²) in [4.78, 5) is 26.9. The molecule has 0 radical (unpaired) electrons. The van der Waals surface area contributed by atoms with Gasteiger partial charge in [0.15, 0.2) is 12.6 Å². The molecule has 7 aliphatic rings. The van der Waals surface area contributed by atoms with Gasteiger partial charge in [0.1, 0.15) is 60.2 Å². The minimum absolute atomic E-state index is 0.0151. The Hall–Kier alpha value is -2.08. The van der Waals surface area contributed by atoms with Gasteiger partial charge in [0.2, 0.25) is 0 Å². The van der Waals surface area contributed by atoms with Crippen LogP contribution in [0.5, 0.6) is 0 Å². The molecule has 1 unspecified atom stereocenters. The highest BCUT2D eigenvalue weighted by Crippen LogP contribution is 2.65. The molecule has 0 bridgehead atoms. The maximum Gasteiger partial charge on any atom is 0.334 e. The zero-order valence-electron chi connectivity index (χ0n) is 32.0. The molecule has 14 nitrogen and oxygen atoms in total. The molecule has 0 aromatic carbocycles. The fraction of sp³-hybridized carbons (Fsp3) is 0.800. The predicted molar refractivity (Wildman–Crippen MR) is 189 cm³/mol. The van der Waals surface area contributed by atoms with E-state index in [2.05, 4.69) is 19.1 Å². The quantitative estimate of drug-likeness (QED) is 0.143. The summed E-state index contributed by atoms with van der Waals surface area (Å²) in [6, 6.07) is 0. The van der Waals surface area contributed by atoms with Gasteiger partial charge in [-0.15, -0.1) is 0 Å². The standard InChI is InChI=1S/C40H58O14/c1-17-13-28(53-35(48)18(17)2)40(6,49)26-10-9-23-22-8-7-20-14-21(15-27(42)39(20,5)24(22)11-12-38(23,26)4)51-37-33(47)31(45)34(25(16-41)52-37)54-36-32(46)30(44)29(43)19(3)50-36/h7,9,19,21-22,24-26,28-34,36-37,41,43-47,49H,8,10-16H2,1-6H3/t19-,21+,22-,24-,25+,26-,28?,29-,30+,31+,32+,33+,34+,36-,37+,38-,39-,40+/m0/s1. The molecule has 7 N–H and O–H groups in total. The molecule has 54 heavy (non-hydrogen) atoms. The number of cyclic esters (lactones) is 1. The number of rotatable bonds is 7. The number of carbonyl (C=O) groups excluding carboxylic acids is 2. The molecule has 3 aliphatic heterocycles. The number of aliphatic hydroxyl groups excluding tert-OH is 6. The Kier molecular flexibility index (Phi) is 10.7. The maximum absolute atomic E-state index is 14.3. The highest BCUT2D eigenvalue weighted by molar-refractivity contribution is 5.90. The van der Waals surface area contributed by atoms with Crippen molar-refractivity contribution >= 4 is 11.8 Å². The van der Waals surface area contributed by atoms with Crippen LogP contribution in [0.4, 0.5) is 0 Å². The Morgan fingerprint density at radius 2 is 1.57 bits per heavy atom. The number of ether oxygens (including phenoxy) is 5. The molecule has 0 aromatic heterocycles. The molecule has 3 heterocycles. The lowest BCUT2D eigenvalue weighted by atomic mass is 9.47. The number of esters is 1. The Bertz CT molecular complexity index is 1590. The van der Waals surface area contributed by atoms with Crippen molar-refractivity contribution in [3.05, 3.63) is 34.4 Å². The van der Waals surface area contributed by atoms with Crippen molar-refractivity contribution in [1.29, 1.82) is 0 Å². The molecule has 7 rings (SSSR count). The van der Waals surface area contributed by atoms with E-state index in [9.17, 15) is 45.3 Å². The summed E-state index contributed by atoms with van der Waals surface area (Å²) in [5, 5.41) is 75.1. The van der Waals surface area contributed by atoms with Crippen LogP contribution in [0.25, 0.3) is 0 Å². The van der Waals surface area contributed by atoms with Crippen molar-refractivity contribution in [3.8, 4) is 0 Å². The molecular formula is C40H58O14. The van der Waals surface area contributed by atoms with Crippen LogP contribution in [0.1, 0.15) is 86.5 Å². The first kappa shape index (κ1) is 40.1. The van der Waals surface area contributed by atoms with E-state index in [4.69, 9.17) is 23.7 Å². The molecule has 302 valence electrons. The number of fused-ring (bicyclic) bond motifs is 5. The first-order valence-electron chi connectivity index (χ1n) is 19.5. The van der Waals surface area contributed by atoms with Crippen LogP contribution in [-0.4, -0.2) is 133 Å². The van der Waals surface area contributed by atoms with Gasteiger partial charge in [-0.1, -0.05) is 35.8 Å². The Morgan fingerprint density at radius 1 is 0.889 bits per heavy atom. The van der Waals surface area contributed by atoms with Crippen LogP contribution in [0, 0.1) is 28.6 Å². The van der Waals surface area contributed by atoms with E-state index in [0.717, 1.165) is 30.4 Å². The lowest BCUT2D eigenvalue weighted by Gasteiger charge is -2.57. The fourth-order valence-electron chi connectivity index (χ4n) is 11.0. The van der Waals surface area contributed by atoms with Gasteiger partial charge in [0.25, 0.3) is 0 Å². The SMILES string of the molecule is CC1=C(C)C(=O)OC([C@](C)(O)[C@H]2CC=C3[C@@H]4CC=C5C[C@@H](O[C@@H]6O[C@H](CO)[C@@H](O[C@@H]7O[C@@H](C)[C@H](O)[C@@H](O)[C@H]7O)[C@H](O)[C@H]6O)CC(=O)[C@]5(C)[C@H]4CC[C@@]32C)C1. The van der Waals surface area contributed by atoms with Crippen LogP contribution < -0.4 is 0 Å². The van der Waals surface area contributed by atoms with Crippen molar-refractivity contribution in [1.82, 2.24) is 0 Å². The minimum atomic E-state index is -1.67. The van der Waals surface area contributed by atoms with E-state index in [1.54, 1.807) is 13.8 Å². The molecule has 14 heteroatoms. The van der Waals surface area contributed by atoms with Crippen LogP contribution >= 0.6 is 0 Å². The summed E-state index contributed by atoms with van der Waals surface area (Å²) in [5.74, 6) is -0.366. The molecule has 18 atom stereocenters. The van der Waals surface area contributed by atoms with Gasteiger partial charge in [-0.25, -0.2) is 4.79 Å². The number of allylic oxidation sites excluding steroid dienone is 3. The smallest absolute Gasteiger partial charge is 0.334 e. The van der Waals surface area contributed by atoms with Crippen molar-refractivity contribution in [2.45, 2.75) is 166 Å². The number of ketones is 1. The summed E-state index contributed by atoms with van der Waals surface area (Å²) in [6.45, 7) is 10.5. The number of aliphatic hydroxyl groups is 7. The number of carbonyl (C=O) groups is 2. The molecular weight excluding hydrogens is 704 g/mol. The summed E-state index contributed by atoms with van der Waals surface area (Å²) in [5.41, 5.74) is 1.45. The third-order valence-corrected chi connectivity index (χ3v) is 14.6. The summed E-state index contributed by atoms with van der Waals surface area (Å²) >= 11 is 0. The molecule has 2 saturated carbocycles. The highest BCUT2D eigenvalue weighted by Gasteiger charge is 2.62. The van der Waals surface area contributed by atoms with Crippen molar-refractivity contribution in [2.24, 2.45) is 28.6 Å². The molecule has 0 spiro atoms. The predicted octanol–water partition coefficient (Wildman–Crippen LogP) is 1.10. The van der Waals surface area contributed by atoms with Gasteiger partial charge in [-0.2, -0.15) is 0 Å². The lowest BCUT2D eigenvalue weighted by molar-refractivity contribution is -0.360. The monoisotopic (exact) mass is 762 g/mol. The van der Waals surface area contributed by atoms with E-state index >= 15 is 0 Å². The second kappa shape index (κ2) is 14.4. The highest BCUT2D eigenvalue weighted by atomic mass is 16.7. The van der Waals surface area contributed by atoms with Gasteiger partial charge in [-0.05, 0) is 84.0 Å². The first-order chi connectivity index (χ1) is 25.3. The molecule has 4 aliphatic carbocycles. The average molecular weight is 763 g/mol. The number of hydrogen-bond acceptors (Lipinski definition) is 14.